The Kier molecular flexibility index (Phi) is 7.35. The lowest BCUT2D eigenvalue weighted by Crippen LogP contribution is -2.50. The van der Waals surface area contributed by atoms with Crippen molar-refractivity contribution in [1.82, 2.24) is 9.80 Å². The lowest BCUT2D eigenvalue weighted by atomic mass is 10.1. The van der Waals surface area contributed by atoms with Crippen molar-refractivity contribution in [1.29, 1.82) is 0 Å². The molecule has 0 atom stereocenters. The SMILES string of the molecule is O=C(CN1CCN(C(=O)c2ccco2)CC1)Nc1ccc([N+](=O)[O-])cc1C(=O)Nc1ccccc1F. The number of nitrogens with one attached hydrogen (secondary N) is 2. The fraction of sp³-hybridized carbons (Fsp3) is 0.208. The molecular formula is C24H22FN5O6. The number of para-hydroxylation sites is 1. The number of carbonyl (C=O) groups excluding carboxylic acids is 3. The molecule has 186 valence electrons. The molecule has 1 saturated heterocycles. The van der Waals surface area contributed by atoms with Gasteiger partial charge in [-0.25, -0.2) is 4.39 Å². The molecule has 2 aromatic carbocycles. The molecule has 0 unspecified atom stereocenters. The second kappa shape index (κ2) is 10.8. The van der Waals surface area contributed by atoms with Crippen molar-refractivity contribution in [2.24, 2.45) is 0 Å². The number of nitro benzene ring substituents is 1. The van der Waals surface area contributed by atoms with Crippen LogP contribution in [0.1, 0.15) is 20.9 Å². The van der Waals surface area contributed by atoms with Crippen LogP contribution in [0.2, 0.25) is 0 Å². The van der Waals surface area contributed by atoms with Crippen molar-refractivity contribution >= 4 is 34.8 Å². The van der Waals surface area contributed by atoms with E-state index in [2.05, 4.69) is 10.6 Å². The normalized spacial score (nSPS) is 13.8. The van der Waals surface area contributed by atoms with Gasteiger partial charge in [0.2, 0.25) is 5.91 Å². The fourth-order valence-electron chi connectivity index (χ4n) is 3.75. The van der Waals surface area contributed by atoms with Crippen LogP contribution in [-0.2, 0) is 4.79 Å². The molecule has 2 heterocycles. The summed E-state index contributed by atoms with van der Waals surface area (Å²) in [5.41, 5.74) is -0.599. The third kappa shape index (κ3) is 5.73. The van der Waals surface area contributed by atoms with Gasteiger partial charge in [-0.05, 0) is 30.3 Å². The minimum atomic E-state index is -0.816. The van der Waals surface area contributed by atoms with E-state index in [-0.39, 0.29) is 40.8 Å². The third-order valence-corrected chi connectivity index (χ3v) is 5.61. The summed E-state index contributed by atoms with van der Waals surface area (Å²) in [4.78, 5) is 51.9. The van der Waals surface area contributed by atoms with Gasteiger partial charge in [0.15, 0.2) is 5.76 Å². The van der Waals surface area contributed by atoms with E-state index in [9.17, 15) is 28.9 Å². The number of halogens is 1. The van der Waals surface area contributed by atoms with Crippen LogP contribution in [0.15, 0.2) is 65.3 Å². The van der Waals surface area contributed by atoms with Crippen LogP contribution in [0.4, 0.5) is 21.5 Å². The number of anilines is 2. The van der Waals surface area contributed by atoms with Gasteiger partial charge < -0.3 is 20.0 Å². The summed E-state index contributed by atoms with van der Waals surface area (Å²) in [7, 11) is 0. The zero-order valence-electron chi connectivity index (χ0n) is 19.0. The topological polar surface area (TPSA) is 138 Å². The molecule has 11 nitrogen and oxygen atoms in total. The summed E-state index contributed by atoms with van der Waals surface area (Å²) in [5.74, 6) is -1.91. The molecule has 0 aliphatic carbocycles. The van der Waals surface area contributed by atoms with E-state index >= 15 is 0 Å². The van der Waals surface area contributed by atoms with Crippen LogP contribution in [-0.4, -0.2) is 65.2 Å². The maximum atomic E-state index is 14.0. The number of furan rings is 1. The van der Waals surface area contributed by atoms with Crippen LogP contribution in [0.3, 0.4) is 0 Å². The first-order valence-corrected chi connectivity index (χ1v) is 11.0. The summed E-state index contributed by atoms with van der Waals surface area (Å²) in [6, 6.07) is 12.1. The molecule has 2 N–H and O–H groups in total. The number of hydrogen-bond acceptors (Lipinski definition) is 7. The molecule has 1 aromatic heterocycles. The van der Waals surface area contributed by atoms with Crippen molar-refractivity contribution in [2.45, 2.75) is 0 Å². The Morgan fingerprint density at radius 3 is 2.39 bits per heavy atom. The molecule has 36 heavy (non-hydrogen) atoms. The largest absolute Gasteiger partial charge is 0.459 e. The predicted molar refractivity (Wildman–Crippen MR) is 127 cm³/mol. The molecule has 0 radical (unpaired) electrons. The highest BCUT2D eigenvalue weighted by atomic mass is 19.1. The first-order chi connectivity index (χ1) is 17.3. The Labute approximate surface area is 204 Å². The lowest BCUT2D eigenvalue weighted by molar-refractivity contribution is -0.384. The minimum absolute atomic E-state index is 0.0197. The Morgan fingerprint density at radius 1 is 0.972 bits per heavy atom. The highest BCUT2D eigenvalue weighted by Gasteiger charge is 2.25. The number of amides is 3. The smallest absolute Gasteiger partial charge is 0.289 e. The molecule has 0 saturated carbocycles. The molecule has 1 aliphatic rings. The lowest BCUT2D eigenvalue weighted by Gasteiger charge is -2.33. The quantitative estimate of drug-likeness (QED) is 0.380. The van der Waals surface area contributed by atoms with E-state index in [0.717, 1.165) is 18.2 Å². The van der Waals surface area contributed by atoms with E-state index in [0.29, 0.717) is 26.2 Å². The summed E-state index contributed by atoms with van der Waals surface area (Å²) < 4.78 is 19.1. The summed E-state index contributed by atoms with van der Waals surface area (Å²) >= 11 is 0. The minimum Gasteiger partial charge on any atom is -0.459 e. The molecule has 0 spiro atoms. The Balaban J connectivity index is 1.41. The number of benzene rings is 2. The van der Waals surface area contributed by atoms with Crippen LogP contribution in [0.25, 0.3) is 0 Å². The Morgan fingerprint density at radius 2 is 1.72 bits per heavy atom. The number of hydrogen-bond donors (Lipinski definition) is 2. The van der Waals surface area contributed by atoms with Gasteiger partial charge in [-0.2, -0.15) is 0 Å². The molecule has 4 rings (SSSR count). The maximum absolute atomic E-state index is 14.0. The average Bonchev–Trinajstić information content (AvgIpc) is 3.40. The number of carbonyl (C=O) groups is 3. The number of non-ortho nitro benzene ring substituents is 1. The predicted octanol–water partition coefficient (Wildman–Crippen LogP) is 2.98. The molecule has 0 bridgehead atoms. The first-order valence-electron chi connectivity index (χ1n) is 11.0. The highest BCUT2D eigenvalue weighted by Crippen LogP contribution is 2.24. The third-order valence-electron chi connectivity index (χ3n) is 5.61. The zero-order valence-corrected chi connectivity index (χ0v) is 19.0. The fourth-order valence-corrected chi connectivity index (χ4v) is 3.75. The van der Waals surface area contributed by atoms with Crippen molar-refractivity contribution in [3.8, 4) is 0 Å². The van der Waals surface area contributed by atoms with Crippen molar-refractivity contribution in [3.63, 3.8) is 0 Å². The molecule has 1 aliphatic heterocycles. The second-order valence-electron chi connectivity index (χ2n) is 8.01. The van der Waals surface area contributed by atoms with Gasteiger partial charge in [0, 0.05) is 38.3 Å². The Bertz CT molecular complexity index is 1290. The summed E-state index contributed by atoms with van der Waals surface area (Å²) in [6.45, 7) is 1.68. The van der Waals surface area contributed by atoms with Gasteiger partial charge in [-0.3, -0.25) is 29.4 Å². The standard InChI is InChI=1S/C24H22FN5O6/c25-18-4-1-2-5-20(18)27-23(32)17-14-16(30(34)35)7-8-19(17)26-22(31)15-28-9-11-29(12-10-28)24(33)21-6-3-13-36-21/h1-8,13-14H,9-12,15H2,(H,26,31)(H,27,32). The van der Waals surface area contributed by atoms with Gasteiger partial charge in [0.25, 0.3) is 17.5 Å². The van der Waals surface area contributed by atoms with Gasteiger partial charge >= 0.3 is 0 Å². The van der Waals surface area contributed by atoms with Gasteiger partial charge in [-0.15, -0.1) is 0 Å². The van der Waals surface area contributed by atoms with E-state index in [1.165, 1.54) is 30.5 Å². The second-order valence-corrected chi connectivity index (χ2v) is 8.01. The monoisotopic (exact) mass is 495 g/mol. The van der Waals surface area contributed by atoms with E-state index < -0.39 is 22.6 Å². The number of piperazine rings is 1. The molecule has 3 aromatic rings. The highest BCUT2D eigenvalue weighted by molar-refractivity contribution is 6.10. The van der Waals surface area contributed by atoms with Crippen LogP contribution in [0.5, 0.6) is 0 Å². The maximum Gasteiger partial charge on any atom is 0.289 e. The Hall–Kier alpha value is -4.58. The van der Waals surface area contributed by atoms with E-state index in [4.69, 9.17) is 4.42 Å². The van der Waals surface area contributed by atoms with Crippen molar-refractivity contribution in [2.75, 3.05) is 43.4 Å². The van der Waals surface area contributed by atoms with Crippen molar-refractivity contribution in [3.05, 3.63) is 88.1 Å². The van der Waals surface area contributed by atoms with E-state index in [1.54, 1.807) is 17.0 Å². The number of nitrogens with zero attached hydrogens (tertiary/aromatic N) is 3. The first kappa shape index (κ1) is 24.5. The molecule has 1 fully saturated rings. The van der Waals surface area contributed by atoms with Gasteiger partial charge in [0.05, 0.1) is 34.7 Å². The van der Waals surface area contributed by atoms with Crippen LogP contribution < -0.4 is 10.6 Å². The van der Waals surface area contributed by atoms with Crippen LogP contribution >= 0.6 is 0 Å². The number of nitro groups is 1. The van der Waals surface area contributed by atoms with Crippen molar-refractivity contribution < 1.29 is 28.1 Å². The average molecular weight is 495 g/mol. The van der Waals surface area contributed by atoms with Gasteiger partial charge in [-0.1, -0.05) is 12.1 Å². The zero-order chi connectivity index (χ0) is 25.7. The van der Waals surface area contributed by atoms with Gasteiger partial charge in [0.1, 0.15) is 5.82 Å². The number of rotatable bonds is 7. The summed E-state index contributed by atoms with van der Waals surface area (Å²) in [5, 5.41) is 16.2. The molecule has 12 heteroatoms. The molecular weight excluding hydrogens is 473 g/mol. The van der Waals surface area contributed by atoms with Crippen LogP contribution in [0, 0.1) is 15.9 Å². The summed E-state index contributed by atoms with van der Waals surface area (Å²) in [6.07, 6.45) is 1.43. The van der Waals surface area contributed by atoms with E-state index in [1.807, 2.05) is 4.90 Å². The molecule has 3 amide bonds.